The number of piperidine rings is 1. The van der Waals surface area contributed by atoms with Crippen LogP contribution < -0.4 is 0 Å². The molecule has 3 nitrogen and oxygen atoms in total. The van der Waals surface area contributed by atoms with Crippen molar-refractivity contribution in [1.29, 1.82) is 0 Å². The van der Waals surface area contributed by atoms with Gasteiger partial charge in [-0.3, -0.25) is 4.90 Å². The molecule has 1 saturated heterocycles. The summed E-state index contributed by atoms with van der Waals surface area (Å²) in [4.78, 5) is 6.20. The van der Waals surface area contributed by atoms with Crippen LogP contribution in [0.5, 0.6) is 0 Å². The number of aromatic amines is 1. The van der Waals surface area contributed by atoms with Crippen LogP contribution in [0.25, 0.3) is 10.9 Å². The molecular weight excluding hydrogens is 272 g/mol. The zero-order valence-electron chi connectivity index (χ0n) is 13.2. The quantitative estimate of drug-likeness (QED) is 0.894. The van der Waals surface area contributed by atoms with Gasteiger partial charge in [0.05, 0.1) is 0 Å². The molecule has 1 aromatic heterocycles. The zero-order chi connectivity index (χ0) is 14.9. The maximum absolute atomic E-state index is 9.80. The maximum atomic E-state index is 9.80. The summed E-state index contributed by atoms with van der Waals surface area (Å²) in [6.07, 6.45) is 7.15. The molecule has 116 valence electrons. The number of rotatable bonds is 2. The van der Waals surface area contributed by atoms with E-state index in [1.54, 1.807) is 0 Å². The molecule has 22 heavy (non-hydrogen) atoms. The third kappa shape index (κ3) is 1.70. The smallest absolute Gasteiger partial charge is 0.0471 e. The Hall–Kier alpha value is -1.32. The van der Waals surface area contributed by atoms with Crippen LogP contribution in [0.4, 0.5) is 0 Å². The van der Waals surface area contributed by atoms with Gasteiger partial charge in [0.1, 0.15) is 0 Å². The van der Waals surface area contributed by atoms with Crippen molar-refractivity contribution in [1.82, 2.24) is 9.88 Å². The van der Waals surface area contributed by atoms with Crippen molar-refractivity contribution in [3.63, 3.8) is 0 Å². The molecule has 0 amide bonds. The molecule has 3 heteroatoms. The summed E-state index contributed by atoms with van der Waals surface area (Å²) in [5.74, 6) is 1.00. The van der Waals surface area contributed by atoms with Crippen LogP contribution in [-0.4, -0.2) is 39.7 Å². The number of nitrogens with one attached hydrogen (secondary N) is 1. The standard InChI is InChI=1S/C19H24N2O/c1-19(5-6-19)21-10-12(11-22)7-15-14-3-2-4-16-18(14)13(9-20-16)8-17(15)21/h2-4,9,12,15,17,20,22H,5-8,10-11H2,1H3/t12?,15-,17-/m1/s1. The Kier molecular flexibility index (Phi) is 2.61. The van der Waals surface area contributed by atoms with Crippen molar-refractivity contribution in [2.45, 2.75) is 50.1 Å². The fraction of sp³-hybridized carbons (Fsp3) is 0.579. The molecule has 2 aromatic rings. The van der Waals surface area contributed by atoms with E-state index in [0.29, 0.717) is 30.0 Å². The average molecular weight is 296 g/mol. The van der Waals surface area contributed by atoms with Crippen molar-refractivity contribution in [2.24, 2.45) is 5.92 Å². The van der Waals surface area contributed by atoms with E-state index < -0.39 is 0 Å². The highest BCUT2D eigenvalue weighted by Gasteiger charge is 2.51. The van der Waals surface area contributed by atoms with Gasteiger partial charge in [0, 0.05) is 47.8 Å². The van der Waals surface area contributed by atoms with Gasteiger partial charge in [-0.25, -0.2) is 0 Å². The van der Waals surface area contributed by atoms with E-state index >= 15 is 0 Å². The Morgan fingerprint density at radius 1 is 1.36 bits per heavy atom. The van der Waals surface area contributed by atoms with Crippen LogP contribution in [0.1, 0.15) is 43.2 Å². The normalized spacial score (nSPS) is 32.9. The number of hydrogen-bond acceptors (Lipinski definition) is 2. The molecule has 2 heterocycles. The van der Waals surface area contributed by atoms with Crippen LogP contribution in [-0.2, 0) is 6.42 Å². The number of likely N-dealkylation sites (tertiary alicyclic amines) is 1. The van der Waals surface area contributed by atoms with Gasteiger partial charge in [0.15, 0.2) is 0 Å². The number of hydrogen-bond donors (Lipinski definition) is 2. The Morgan fingerprint density at radius 2 is 2.23 bits per heavy atom. The molecule has 2 N–H and O–H groups in total. The molecule has 2 fully saturated rings. The van der Waals surface area contributed by atoms with E-state index in [9.17, 15) is 5.11 Å². The molecule has 1 unspecified atom stereocenters. The number of aliphatic hydroxyl groups excluding tert-OH is 1. The van der Waals surface area contributed by atoms with Crippen molar-refractivity contribution < 1.29 is 5.11 Å². The summed E-state index contributed by atoms with van der Waals surface area (Å²) in [6, 6.07) is 7.31. The third-order valence-electron chi connectivity index (χ3n) is 6.48. The lowest BCUT2D eigenvalue weighted by molar-refractivity contribution is 0.0207. The predicted octanol–water partition coefficient (Wildman–Crippen LogP) is 3.04. The lowest BCUT2D eigenvalue weighted by Crippen LogP contribution is -2.55. The van der Waals surface area contributed by atoms with Crippen LogP contribution in [0.15, 0.2) is 24.4 Å². The highest BCUT2D eigenvalue weighted by Crippen LogP contribution is 2.51. The first-order valence-electron chi connectivity index (χ1n) is 8.66. The van der Waals surface area contributed by atoms with Gasteiger partial charge in [-0.2, -0.15) is 0 Å². The van der Waals surface area contributed by atoms with E-state index in [1.807, 2.05) is 0 Å². The Balaban J connectivity index is 1.64. The van der Waals surface area contributed by atoms with E-state index in [-0.39, 0.29) is 0 Å². The molecule has 1 aliphatic heterocycles. The van der Waals surface area contributed by atoms with Gasteiger partial charge in [0.25, 0.3) is 0 Å². The lowest BCUT2D eigenvalue weighted by atomic mass is 9.72. The summed E-state index contributed by atoms with van der Waals surface area (Å²) in [5, 5.41) is 11.3. The number of nitrogens with zero attached hydrogens (tertiary/aromatic N) is 1. The van der Waals surface area contributed by atoms with Gasteiger partial charge in [-0.15, -0.1) is 0 Å². The second-order valence-corrected chi connectivity index (χ2v) is 7.90. The molecular formula is C19H24N2O. The maximum Gasteiger partial charge on any atom is 0.0471 e. The van der Waals surface area contributed by atoms with Crippen molar-refractivity contribution in [3.8, 4) is 0 Å². The van der Waals surface area contributed by atoms with E-state index in [2.05, 4.69) is 41.2 Å². The summed E-state index contributed by atoms with van der Waals surface area (Å²) >= 11 is 0. The van der Waals surface area contributed by atoms with Gasteiger partial charge in [-0.1, -0.05) is 12.1 Å². The van der Waals surface area contributed by atoms with E-state index in [1.165, 1.54) is 34.9 Å². The minimum atomic E-state index is 0.325. The number of benzene rings is 1. The Morgan fingerprint density at radius 3 is 3.00 bits per heavy atom. The van der Waals surface area contributed by atoms with Crippen molar-refractivity contribution in [2.75, 3.05) is 13.2 Å². The molecule has 0 spiro atoms. The monoisotopic (exact) mass is 296 g/mol. The fourth-order valence-corrected chi connectivity index (χ4v) is 5.01. The first-order chi connectivity index (χ1) is 10.7. The summed E-state index contributed by atoms with van der Waals surface area (Å²) < 4.78 is 0. The average Bonchev–Trinajstić information content (AvgIpc) is 3.16. The summed E-state index contributed by atoms with van der Waals surface area (Å²) in [6.45, 7) is 3.81. The number of fused-ring (bicyclic) bond motifs is 2. The molecule has 2 aliphatic carbocycles. The molecule has 1 aromatic carbocycles. The number of aromatic nitrogens is 1. The third-order valence-corrected chi connectivity index (χ3v) is 6.48. The van der Waals surface area contributed by atoms with E-state index in [4.69, 9.17) is 0 Å². The van der Waals surface area contributed by atoms with Gasteiger partial charge >= 0.3 is 0 Å². The van der Waals surface area contributed by atoms with Gasteiger partial charge in [-0.05, 0) is 55.7 Å². The van der Waals surface area contributed by atoms with Gasteiger partial charge in [0.2, 0.25) is 0 Å². The zero-order valence-corrected chi connectivity index (χ0v) is 13.2. The lowest BCUT2D eigenvalue weighted by Gasteiger charge is -2.49. The minimum Gasteiger partial charge on any atom is -0.396 e. The van der Waals surface area contributed by atoms with Crippen molar-refractivity contribution in [3.05, 3.63) is 35.5 Å². The second kappa shape index (κ2) is 4.36. The largest absolute Gasteiger partial charge is 0.396 e. The van der Waals surface area contributed by atoms with Crippen LogP contribution >= 0.6 is 0 Å². The first-order valence-corrected chi connectivity index (χ1v) is 8.66. The Labute approximate surface area is 131 Å². The predicted molar refractivity (Wildman–Crippen MR) is 88.1 cm³/mol. The van der Waals surface area contributed by atoms with E-state index in [0.717, 1.165) is 19.4 Å². The second-order valence-electron chi connectivity index (χ2n) is 7.90. The summed E-state index contributed by atoms with van der Waals surface area (Å²) in [5.41, 5.74) is 4.67. The molecule has 3 aliphatic rings. The highest BCUT2D eigenvalue weighted by molar-refractivity contribution is 5.88. The fourth-order valence-electron chi connectivity index (χ4n) is 5.01. The number of aliphatic hydroxyl groups is 1. The SMILES string of the molecule is CC1(N2CC(CO)C[C@@H]3c4cccc5[nH]cc(c45)C[C@H]32)CC1. The first kappa shape index (κ1) is 13.1. The molecule has 0 radical (unpaired) electrons. The minimum absolute atomic E-state index is 0.325. The van der Waals surface area contributed by atoms with Crippen molar-refractivity contribution >= 4 is 10.9 Å². The Bertz CT molecular complexity index is 730. The molecule has 5 rings (SSSR count). The van der Waals surface area contributed by atoms with Crippen LogP contribution in [0.3, 0.4) is 0 Å². The van der Waals surface area contributed by atoms with Gasteiger partial charge < -0.3 is 10.1 Å². The number of H-pyrrole nitrogens is 1. The van der Waals surface area contributed by atoms with Crippen LogP contribution in [0.2, 0.25) is 0 Å². The molecule has 3 atom stereocenters. The van der Waals surface area contributed by atoms with Crippen LogP contribution in [0, 0.1) is 5.92 Å². The topological polar surface area (TPSA) is 39.3 Å². The molecule has 1 saturated carbocycles. The highest BCUT2D eigenvalue weighted by atomic mass is 16.3. The molecule has 0 bridgehead atoms. The summed E-state index contributed by atoms with van der Waals surface area (Å²) in [7, 11) is 0.